The molecular weight excluding hydrogens is 366 g/mol. The molecule has 2 aromatic rings. The second-order valence-corrected chi connectivity index (χ2v) is 9.38. The molecule has 0 aromatic heterocycles. The molecule has 0 bridgehead atoms. The molecule has 0 radical (unpaired) electrons. The Morgan fingerprint density at radius 3 is 2.55 bits per heavy atom. The maximum absolute atomic E-state index is 15.3. The lowest BCUT2D eigenvalue weighted by Crippen LogP contribution is -2.30. The van der Waals surface area contributed by atoms with Crippen LogP contribution in [0.3, 0.4) is 0 Å². The summed E-state index contributed by atoms with van der Waals surface area (Å²) in [7, 11) is 1.44. The standard InChI is InChI=1S/C26H34F2O/c1-3-4-5-6-17-7-8-19-14-20(10-9-18(19)13-17)22-12-11-21-15-25(29-2)24(27)16-23(21)26(22)28/h11-12,15-20H,3-10,13-14H2,1-2H3/t17?,18-,19?,20-/m1/s1. The van der Waals surface area contributed by atoms with E-state index in [1.165, 1.54) is 64.5 Å². The first-order valence-corrected chi connectivity index (χ1v) is 11.6. The van der Waals surface area contributed by atoms with Gasteiger partial charge in [0, 0.05) is 5.39 Å². The van der Waals surface area contributed by atoms with Crippen LogP contribution in [0, 0.1) is 29.4 Å². The van der Waals surface area contributed by atoms with E-state index in [9.17, 15) is 4.39 Å². The summed E-state index contributed by atoms with van der Waals surface area (Å²) in [6.07, 6.45) is 12.8. The maximum Gasteiger partial charge on any atom is 0.165 e. The van der Waals surface area contributed by atoms with Gasteiger partial charge in [-0.05, 0) is 78.9 Å². The Morgan fingerprint density at radius 2 is 1.76 bits per heavy atom. The van der Waals surface area contributed by atoms with Crippen molar-refractivity contribution in [1.29, 1.82) is 0 Å². The Hall–Kier alpha value is -1.64. The van der Waals surface area contributed by atoms with E-state index >= 15 is 4.39 Å². The highest BCUT2D eigenvalue weighted by Crippen LogP contribution is 2.49. The molecule has 29 heavy (non-hydrogen) atoms. The summed E-state index contributed by atoms with van der Waals surface area (Å²) in [5, 5.41) is 1.08. The van der Waals surface area contributed by atoms with Gasteiger partial charge in [-0.2, -0.15) is 0 Å². The summed E-state index contributed by atoms with van der Waals surface area (Å²) in [6.45, 7) is 2.27. The van der Waals surface area contributed by atoms with E-state index in [2.05, 4.69) is 6.92 Å². The van der Waals surface area contributed by atoms with Crippen LogP contribution in [-0.2, 0) is 0 Å². The number of halogens is 2. The highest BCUT2D eigenvalue weighted by Gasteiger charge is 2.36. The van der Waals surface area contributed by atoms with Crippen molar-refractivity contribution in [3.8, 4) is 5.75 Å². The zero-order valence-electron chi connectivity index (χ0n) is 17.9. The molecular formula is C26H34F2O. The van der Waals surface area contributed by atoms with Gasteiger partial charge in [0.1, 0.15) is 5.82 Å². The zero-order valence-corrected chi connectivity index (χ0v) is 17.9. The molecule has 0 amide bonds. The first-order valence-electron chi connectivity index (χ1n) is 11.6. The normalized spacial score (nSPS) is 27.0. The number of fused-ring (bicyclic) bond motifs is 2. The third-order valence-electron chi connectivity index (χ3n) is 7.63. The van der Waals surface area contributed by atoms with E-state index in [4.69, 9.17) is 4.74 Å². The molecule has 2 saturated carbocycles. The summed E-state index contributed by atoms with van der Waals surface area (Å²) in [4.78, 5) is 0. The largest absolute Gasteiger partial charge is 0.494 e. The predicted molar refractivity (Wildman–Crippen MR) is 115 cm³/mol. The molecule has 2 aliphatic carbocycles. The van der Waals surface area contributed by atoms with Gasteiger partial charge >= 0.3 is 0 Å². The molecule has 0 saturated heterocycles. The Bertz CT molecular complexity index is 846. The first kappa shape index (κ1) is 20.6. The lowest BCUT2D eigenvalue weighted by atomic mass is 9.63. The van der Waals surface area contributed by atoms with Crippen molar-refractivity contribution in [3.63, 3.8) is 0 Å². The van der Waals surface area contributed by atoms with Crippen LogP contribution in [0.1, 0.15) is 82.6 Å². The van der Waals surface area contributed by atoms with Crippen LogP contribution in [0.15, 0.2) is 24.3 Å². The minimum Gasteiger partial charge on any atom is -0.494 e. The minimum absolute atomic E-state index is 0.167. The van der Waals surface area contributed by atoms with Crippen LogP contribution < -0.4 is 4.74 Å². The van der Waals surface area contributed by atoms with Crippen molar-refractivity contribution in [3.05, 3.63) is 41.5 Å². The minimum atomic E-state index is -0.499. The topological polar surface area (TPSA) is 9.23 Å². The van der Waals surface area contributed by atoms with Gasteiger partial charge in [0.25, 0.3) is 0 Å². The number of methoxy groups -OCH3 is 1. The number of hydrogen-bond donors (Lipinski definition) is 0. The molecule has 0 aliphatic heterocycles. The van der Waals surface area contributed by atoms with Gasteiger partial charge in [-0.25, -0.2) is 8.78 Å². The molecule has 0 heterocycles. The SMILES string of the molecule is CCCCCC1CCC2C[C@H](c3ccc4cc(OC)c(F)cc4c3F)CC[C@@H]2C1. The van der Waals surface area contributed by atoms with Gasteiger partial charge in [-0.1, -0.05) is 51.2 Å². The van der Waals surface area contributed by atoms with Gasteiger partial charge in [0.2, 0.25) is 0 Å². The molecule has 158 valence electrons. The molecule has 2 aliphatic rings. The number of rotatable bonds is 6. The van der Waals surface area contributed by atoms with Crippen molar-refractivity contribution in [2.45, 2.75) is 77.0 Å². The Kier molecular flexibility index (Phi) is 6.41. The van der Waals surface area contributed by atoms with Gasteiger partial charge in [-0.15, -0.1) is 0 Å². The molecule has 2 unspecified atom stereocenters. The second-order valence-electron chi connectivity index (χ2n) is 9.38. The fourth-order valence-corrected chi connectivity index (χ4v) is 5.99. The van der Waals surface area contributed by atoms with Crippen LogP contribution in [0.25, 0.3) is 10.8 Å². The monoisotopic (exact) mass is 400 g/mol. The maximum atomic E-state index is 15.3. The van der Waals surface area contributed by atoms with Crippen molar-refractivity contribution in [2.24, 2.45) is 17.8 Å². The van der Waals surface area contributed by atoms with Gasteiger partial charge < -0.3 is 4.74 Å². The highest BCUT2D eigenvalue weighted by atomic mass is 19.1. The fourth-order valence-electron chi connectivity index (χ4n) is 5.99. The molecule has 1 nitrogen and oxygen atoms in total. The Balaban J connectivity index is 1.47. The van der Waals surface area contributed by atoms with E-state index in [0.717, 1.165) is 36.2 Å². The van der Waals surface area contributed by atoms with Crippen LogP contribution >= 0.6 is 0 Å². The third-order valence-corrected chi connectivity index (χ3v) is 7.63. The lowest BCUT2D eigenvalue weighted by Gasteiger charge is -2.42. The number of unbranched alkanes of at least 4 members (excludes halogenated alkanes) is 2. The summed E-state index contributed by atoms with van der Waals surface area (Å²) in [5.41, 5.74) is 0.783. The zero-order chi connectivity index (χ0) is 20.4. The highest BCUT2D eigenvalue weighted by molar-refractivity contribution is 5.85. The van der Waals surface area contributed by atoms with Crippen LogP contribution in [-0.4, -0.2) is 7.11 Å². The molecule has 4 rings (SSSR count). The van der Waals surface area contributed by atoms with Crippen molar-refractivity contribution in [1.82, 2.24) is 0 Å². The Morgan fingerprint density at radius 1 is 0.966 bits per heavy atom. The summed E-state index contributed by atoms with van der Waals surface area (Å²) in [5.74, 6) is 2.18. The molecule has 0 N–H and O–H groups in total. The van der Waals surface area contributed by atoms with Crippen LogP contribution in [0.2, 0.25) is 0 Å². The number of benzene rings is 2. The second kappa shape index (κ2) is 9.02. The van der Waals surface area contributed by atoms with E-state index in [0.29, 0.717) is 10.8 Å². The number of hydrogen-bond acceptors (Lipinski definition) is 1. The van der Waals surface area contributed by atoms with Crippen LogP contribution in [0.5, 0.6) is 5.75 Å². The van der Waals surface area contributed by atoms with E-state index in [1.54, 1.807) is 6.07 Å². The van der Waals surface area contributed by atoms with Gasteiger partial charge in [-0.3, -0.25) is 0 Å². The van der Waals surface area contributed by atoms with Crippen molar-refractivity contribution in [2.75, 3.05) is 7.11 Å². The molecule has 3 heteroatoms. The number of ether oxygens (including phenoxy) is 1. The van der Waals surface area contributed by atoms with Gasteiger partial charge in [0.15, 0.2) is 11.6 Å². The van der Waals surface area contributed by atoms with E-state index in [-0.39, 0.29) is 17.5 Å². The quantitative estimate of drug-likeness (QED) is 0.446. The first-order chi connectivity index (χ1) is 14.1. The van der Waals surface area contributed by atoms with Crippen molar-refractivity contribution < 1.29 is 13.5 Å². The summed E-state index contributed by atoms with van der Waals surface area (Å²) in [6, 6.07) is 6.73. The fraction of sp³-hybridized carbons (Fsp3) is 0.615. The summed E-state index contributed by atoms with van der Waals surface area (Å²) >= 11 is 0. The Labute approximate surface area is 173 Å². The lowest BCUT2D eigenvalue weighted by molar-refractivity contribution is 0.112. The van der Waals surface area contributed by atoms with E-state index in [1.807, 2.05) is 12.1 Å². The smallest absolute Gasteiger partial charge is 0.165 e. The molecule has 2 fully saturated rings. The van der Waals surface area contributed by atoms with Crippen LogP contribution in [0.4, 0.5) is 8.78 Å². The van der Waals surface area contributed by atoms with Crippen molar-refractivity contribution >= 4 is 10.8 Å². The third kappa shape index (κ3) is 4.29. The molecule has 4 atom stereocenters. The molecule has 2 aromatic carbocycles. The average molecular weight is 401 g/mol. The van der Waals surface area contributed by atoms with E-state index < -0.39 is 5.82 Å². The average Bonchev–Trinajstić information content (AvgIpc) is 2.74. The predicted octanol–water partition coefficient (Wildman–Crippen LogP) is 8.01. The molecule has 0 spiro atoms. The van der Waals surface area contributed by atoms with Gasteiger partial charge in [0.05, 0.1) is 7.11 Å². The summed E-state index contributed by atoms with van der Waals surface area (Å²) < 4.78 is 34.5.